The summed E-state index contributed by atoms with van der Waals surface area (Å²) >= 11 is 0. The van der Waals surface area contributed by atoms with Crippen molar-refractivity contribution >= 4 is 11.0 Å². The summed E-state index contributed by atoms with van der Waals surface area (Å²) in [7, 11) is 0. The molecule has 0 radical (unpaired) electrons. The number of hydrogen-bond acceptors (Lipinski definition) is 2. The molecule has 112 valence electrons. The van der Waals surface area contributed by atoms with Crippen LogP contribution in [0.2, 0.25) is 0 Å². The van der Waals surface area contributed by atoms with Gasteiger partial charge in [0.2, 0.25) is 0 Å². The van der Waals surface area contributed by atoms with Gasteiger partial charge < -0.3 is 9.72 Å². The second kappa shape index (κ2) is 5.57. The first-order valence-corrected chi connectivity index (χ1v) is 7.26. The van der Waals surface area contributed by atoms with Crippen molar-refractivity contribution in [2.45, 2.75) is 0 Å². The van der Waals surface area contributed by atoms with Gasteiger partial charge in [-0.2, -0.15) is 0 Å². The molecule has 4 heteroatoms. The average Bonchev–Trinajstić information content (AvgIpc) is 3.02. The number of nitrogens with zero attached hydrogens (tertiary/aromatic N) is 1. The monoisotopic (exact) mass is 304 g/mol. The summed E-state index contributed by atoms with van der Waals surface area (Å²) < 4.78 is 18.6. The summed E-state index contributed by atoms with van der Waals surface area (Å²) in [4.78, 5) is 7.86. The molecule has 0 aliphatic heterocycles. The summed E-state index contributed by atoms with van der Waals surface area (Å²) in [5.74, 6) is 1.83. The Balaban J connectivity index is 1.58. The van der Waals surface area contributed by atoms with Crippen molar-refractivity contribution in [2.24, 2.45) is 0 Å². The van der Waals surface area contributed by atoms with Gasteiger partial charge in [0.25, 0.3) is 0 Å². The number of halogens is 1. The minimum absolute atomic E-state index is 0.280. The highest BCUT2D eigenvalue weighted by Gasteiger charge is 2.05. The molecular weight excluding hydrogens is 291 g/mol. The number of benzene rings is 3. The van der Waals surface area contributed by atoms with Crippen LogP contribution in [0.4, 0.5) is 4.39 Å². The van der Waals surface area contributed by atoms with E-state index in [2.05, 4.69) is 9.97 Å². The fourth-order valence-corrected chi connectivity index (χ4v) is 2.41. The second-order valence-electron chi connectivity index (χ2n) is 5.18. The minimum atomic E-state index is -0.280. The van der Waals surface area contributed by atoms with Gasteiger partial charge in [-0.1, -0.05) is 12.1 Å². The smallest absolute Gasteiger partial charge is 0.138 e. The number of rotatable bonds is 3. The number of fused-ring (bicyclic) bond motifs is 1. The highest BCUT2D eigenvalue weighted by molar-refractivity contribution is 5.79. The van der Waals surface area contributed by atoms with E-state index in [1.807, 2.05) is 48.5 Å². The first-order chi connectivity index (χ1) is 11.3. The maximum absolute atomic E-state index is 12.9. The van der Waals surface area contributed by atoms with Gasteiger partial charge in [-0.3, -0.25) is 0 Å². The number of aromatic nitrogens is 2. The van der Waals surface area contributed by atoms with E-state index in [9.17, 15) is 4.39 Å². The van der Waals surface area contributed by atoms with Crippen LogP contribution in [-0.4, -0.2) is 9.97 Å². The molecule has 1 N–H and O–H groups in total. The van der Waals surface area contributed by atoms with E-state index in [1.54, 1.807) is 12.1 Å². The molecule has 0 aliphatic carbocycles. The second-order valence-corrected chi connectivity index (χ2v) is 5.18. The Hall–Kier alpha value is -3.14. The molecule has 0 fully saturated rings. The number of nitrogens with one attached hydrogen (secondary N) is 1. The number of H-pyrrole nitrogens is 1. The van der Waals surface area contributed by atoms with Gasteiger partial charge in [0, 0.05) is 5.56 Å². The van der Waals surface area contributed by atoms with E-state index in [-0.39, 0.29) is 5.82 Å². The first-order valence-electron chi connectivity index (χ1n) is 7.26. The molecule has 0 unspecified atom stereocenters. The third-order valence-corrected chi connectivity index (χ3v) is 3.57. The Morgan fingerprint density at radius 1 is 0.783 bits per heavy atom. The molecule has 0 saturated heterocycles. The lowest BCUT2D eigenvalue weighted by Gasteiger charge is -2.06. The number of hydrogen-bond donors (Lipinski definition) is 1. The van der Waals surface area contributed by atoms with E-state index < -0.39 is 0 Å². The Bertz CT molecular complexity index is 910. The molecule has 4 rings (SSSR count). The number of imidazole rings is 1. The maximum Gasteiger partial charge on any atom is 0.138 e. The lowest BCUT2D eigenvalue weighted by molar-refractivity contribution is 0.480. The minimum Gasteiger partial charge on any atom is -0.457 e. The van der Waals surface area contributed by atoms with Crippen molar-refractivity contribution in [1.29, 1.82) is 0 Å². The van der Waals surface area contributed by atoms with E-state index in [0.717, 1.165) is 22.4 Å². The molecule has 0 saturated carbocycles. The molecule has 3 nitrogen and oxygen atoms in total. The van der Waals surface area contributed by atoms with Crippen LogP contribution in [0.15, 0.2) is 72.8 Å². The van der Waals surface area contributed by atoms with Crippen molar-refractivity contribution in [2.75, 3.05) is 0 Å². The van der Waals surface area contributed by atoms with Crippen LogP contribution >= 0.6 is 0 Å². The highest BCUT2D eigenvalue weighted by atomic mass is 19.1. The number of ether oxygens (including phenoxy) is 1. The standard InChI is InChI=1S/C19H13FN2O/c20-14-7-11-16(12-8-14)23-15-9-5-13(6-10-15)19-21-17-3-1-2-4-18(17)22-19/h1-12H,(H,21,22). The van der Waals surface area contributed by atoms with Crippen LogP contribution in [-0.2, 0) is 0 Å². The first kappa shape index (κ1) is 13.5. The molecule has 23 heavy (non-hydrogen) atoms. The lowest BCUT2D eigenvalue weighted by atomic mass is 10.2. The third kappa shape index (κ3) is 2.79. The summed E-state index contributed by atoms with van der Waals surface area (Å²) in [5, 5.41) is 0. The molecule has 0 aliphatic rings. The van der Waals surface area contributed by atoms with Crippen LogP contribution in [0.1, 0.15) is 0 Å². The van der Waals surface area contributed by atoms with Crippen molar-refractivity contribution < 1.29 is 9.13 Å². The van der Waals surface area contributed by atoms with Gasteiger partial charge in [-0.05, 0) is 60.7 Å². The summed E-state index contributed by atoms with van der Waals surface area (Å²) in [5.41, 5.74) is 2.93. The fourth-order valence-electron chi connectivity index (χ4n) is 2.41. The predicted octanol–water partition coefficient (Wildman–Crippen LogP) is 5.16. The normalized spacial score (nSPS) is 10.8. The Labute approximate surface area is 132 Å². The number of aromatic amines is 1. The topological polar surface area (TPSA) is 37.9 Å². The van der Waals surface area contributed by atoms with Crippen molar-refractivity contribution in [3.05, 3.63) is 78.6 Å². The zero-order valence-electron chi connectivity index (χ0n) is 12.2. The van der Waals surface area contributed by atoms with Gasteiger partial charge in [-0.25, -0.2) is 9.37 Å². The largest absolute Gasteiger partial charge is 0.457 e. The van der Waals surface area contributed by atoms with E-state index in [0.29, 0.717) is 11.5 Å². The van der Waals surface area contributed by atoms with Crippen LogP contribution < -0.4 is 4.74 Å². The quantitative estimate of drug-likeness (QED) is 0.567. The SMILES string of the molecule is Fc1ccc(Oc2ccc(-c3nc4ccccc4[nH]3)cc2)cc1. The molecule has 0 bridgehead atoms. The van der Waals surface area contributed by atoms with Gasteiger partial charge in [0.05, 0.1) is 11.0 Å². The predicted molar refractivity (Wildman–Crippen MR) is 88.0 cm³/mol. The van der Waals surface area contributed by atoms with Crippen molar-refractivity contribution in [1.82, 2.24) is 9.97 Å². The molecule has 0 atom stereocenters. The molecule has 0 amide bonds. The highest BCUT2D eigenvalue weighted by Crippen LogP contribution is 2.26. The van der Waals surface area contributed by atoms with E-state index in [4.69, 9.17) is 4.74 Å². The van der Waals surface area contributed by atoms with Crippen LogP contribution in [0.5, 0.6) is 11.5 Å². The molecule has 4 aromatic rings. The van der Waals surface area contributed by atoms with Gasteiger partial charge in [-0.15, -0.1) is 0 Å². The summed E-state index contributed by atoms with van der Waals surface area (Å²) in [6, 6.07) is 21.5. The lowest BCUT2D eigenvalue weighted by Crippen LogP contribution is -1.85. The Morgan fingerprint density at radius 2 is 1.43 bits per heavy atom. The Morgan fingerprint density at radius 3 is 2.13 bits per heavy atom. The fraction of sp³-hybridized carbons (Fsp3) is 0. The average molecular weight is 304 g/mol. The molecule has 1 heterocycles. The molecular formula is C19H13FN2O. The van der Waals surface area contributed by atoms with E-state index >= 15 is 0 Å². The molecule has 0 spiro atoms. The Kier molecular flexibility index (Phi) is 3.27. The van der Waals surface area contributed by atoms with Crippen LogP contribution in [0, 0.1) is 5.82 Å². The summed E-state index contributed by atoms with van der Waals surface area (Å²) in [6.45, 7) is 0. The third-order valence-electron chi connectivity index (χ3n) is 3.57. The van der Waals surface area contributed by atoms with Gasteiger partial charge in [0.1, 0.15) is 23.1 Å². The van der Waals surface area contributed by atoms with Gasteiger partial charge >= 0.3 is 0 Å². The van der Waals surface area contributed by atoms with Crippen molar-refractivity contribution in [3.63, 3.8) is 0 Å². The van der Waals surface area contributed by atoms with Gasteiger partial charge in [0.15, 0.2) is 0 Å². The van der Waals surface area contributed by atoms with Crippen LogP contribution in [0.25, 0.3) is 22.4 Å². The van der Waals surface area contributed by atoms with Crippen molar-refractivity contribution in [3.8, 4) is 22.9 Å². The molecule has 1 aromatic heterocycles. The zero-order valence-corrected chi connectivity index (χ0v) is 12.2. The number of para-hydroxylation sites is 2. The zero-order chi connectivity index (χ0) is 15.6. The van der Waals surface area contributed by atoms with Crippen LogP contribution in [0.3, 0.4) is 0 Å². The maximum atomic E-state index is 12.9. The van der Waals surface area contributed by atoms with E-state index in [1.165, 1.54) is 12.1 Å². The molecule has 3 aromatic carbocycles. The summed E-state index contributed by atoms with van der Waals surface area (Å²) in [6.07, 6.45) is 0.